The topological polar surface area (TPSA) is 20.3 Å². The van der Waals surface area contributed by atoms with Crippen LogP contribution in [0.2, 0.25) is 0 Å². The van der Waals surface area contributed by atoms with Gasteiger partial charge in [-0.2, -0.15) is 8.78 Å². The molecule has 0 aromatic carbocycles. The SMILES string of the molecule is CC.CC(F)(F)C(=O)N1CCCC1. The maximum Gasteiger partial charge on any atom is 0.322 e. The lowest BCUT2D eigenvalue weighted by Crippen LogP contribution is -2.39. The summed E-state index contributed by atoms with van der Waals surface area (Å²) in [5.41, 5.74) is 0. The van der Waals surface area contributed by atoms with Crippen LogP contribution < -0.4 is 0 Å². The molecule has 1 fully saturated rings. The second kappa shape index (κ2) is 5.14. The van der Waals surface area contributed by atoms with Crippen molar-refractivity contribution < 1.29 is 13.6 Å². The maximum atomic E-state index is 12.4. The number of amides is 1. The minimum atomic E-state index is -3.19. The molecule has 0 spiro atoms. The lowest BCUT2D eigenvalue weighted by molar-refractivity contribution is -0.153. The number of carbonyl (C=O) groups is 1. The summed E-state index contributed by atoms with van der Waals surface area (Å²) in [5, 5.41) is 0. The Morgan fingerprint density at radius 3 is 1.92 bits per heavy atom. The van der Waals surface area contributed by atoms with Crippen molar-refractivity contribution in [3.63, 3.8) is 0 Å². The summed E-state index contributed by atoms with van der Waals surface area (Å²) in [7, 11) is 0. The lowest BCUT2D eigenvalue weighted by atomic mass is 10.3. The van der Waals surface area contributed by atoms with Crippen LogP contribution in [0.1, 0.15) is 33.6 Å². The molecular weight excluding hydrogens is 176 g/mol. The molecule has 78 valence electrons. The Morgan fingerprint density at radius 2 is 1.62 bits per heavy atom. The van der Waals surface area contributed by atoms with Crippen LogP contribution in [-0.4, -0.2) is 29.8 Å². The van der Waals surface area contributed by atoms with Crippen LogP contribution in [-0.2, 0) is 4.79 Å². The van der Waals surface area contributed by atoms with Gasteiger partial charge in [0.05, 0.1) is 0 Å². The highest BCUT2D eigenvalue weighted by molar-refractivity contribution is 5.83. The number of rotatable bonds is 1. The van der Waals surface area contributed by atoms with Crippen molar-refractivity contribution in [1.29, 1.82) is 0 Å². The summed E-state index contributed by atoms with van der Waals surface area (Å²) in [4.78, 5) is 12.1. The molecular formula is C9H17F2NO. The van der Waals surface area contributed by atoms with Gasteiger partial charge < -0.3 is 4.90 Å². The summed E-state index contributed by atoms with van der Waals surface area (Å²) >= 11 is 0. The van der Waals surface area contributed by atoms with E-state index in [-0.39, 0.29) is 0 Å². The first-order chi connectivity index (χ1) is 6.02. The zero-order chi connectivity index (χ0) is 10.5. The molecule has 1 aliphatic rings. The van der Waals surface area contributed by atoms with Gasteiger partial charge in [-0.1, -0.05) is 13.8 Å². The Kier molecular flexibility index (Phi) is 4.88. The molecule has 1 heterocycles. The number of nitrogens with zero attached hydrogens (tertiary/aromatic N) is 1. The molecule has 0 aromatic rings. The predicted octanol–water partition coefficient (Wildman–Crippen LogP) is 2.29. The van der Waals surface area contributed by atoms with Gasteiger partial charge in [0, 0.05) is 20.0 Å². The third-order valence-electron chi connectivity index (χ3n) is 1.77. The molecule has 0 unspecified atom stereocenters. The van der Waals surface area contributed by atoms with Crippen LogP contribution in [0.25, 0.3) is 0 Å². The first-order valence-electron chi connectivity index (χ1n) is 4.69. The first kappa shape index (κ1) is 12.3. The van der Waals surface area contributed by atoms with E-state index < -0.39 is 11.8 Å². The fourth-order valence-corrected chi connectivity index (χ4v) is 1.20. The number of carbonyl (C=O) groups excluding carboxylic acids is 1. The predicted molar refractivity (Wildman–Crippen MR) is 47.8 cm³/mol. The smallest absolute Gasteiger partial charge is 0.322 e. The third-order valence-corrected chi connectivity index (χ3v) is 1.77. The van der Waals surface area contributed by atoms with Crippen molar-refractivity contribution >= 4 is 5.91 Å². The highest BCUT2D eigenvalue weighted by Gasteiger charge is 2.37. The van der Waals surface area contributed by atoms with Crippen LogP contribution >= 0.6 is 0 Å². The van der Waals surface area contributed by atoms with Crippen LogP contribution in [0, 0.1) is 0 Å². The molecule has 0 N–H and O–H groups in total. The van der Waals surface area contributed by atoms with Gasteiger partial charge in [0.2, 0.25) is 0 Å². The molecule has 0 aliphatic carbocycles. The van der Waals surface area contributed by atoms with Gasteiger partial charge in [-0.3, -0.25) is 4.79 Å². The van der Waals surface area contributed by atoms with E-state index in [9.17, 15) is 13.6 Å². The fraction of sp³-hybridized carbons (Fsp3) is 0.889. The molecule has 0 radical (unpaired) electrons. The van der Waals surface area contributed by atoms with Crippen molar-refractivity contribution in [1.82, 2.24) is 4.90 Å². The second-order valence-electron chi connectivity index (χ2n) is 2.89. The van der Waals surface area contributed by atoms with Crippen LogP contribution in [0.5, 0.6) is 0 Å². The Balaban J connectivity index is 0.000000671. The van der Waals surface area contributed by atoms with Gasteiger partial charge in [0.25, 0.3) is 5.91 Å². The summed E-state index contributed by atoms with van der Waals surface area (Å²) in [5.74, 6) is -4.22. The summed E-state index contributed by atoms with van der Waals surface area (Å²) in [6.07, 6.45) is 1.70. The van der Waals surface area contributed by atoms with Gasteiger partial charge in [-0.25, -0.2) is 0 Å². The summed E-state index contributed by atoms with van der Waals surface area (Å²) < 4.78 is 24.8. The Labute approximate surface area is 77.9 Å². The molecule has 1 aliphatic heterocycles. The van der Waals surface area contributed by atoms with Crippen LogP contribution in [0.15, 0.2) is 0 Å². The molecule has 1 saturated heterocycles. The van der Waals surface area contributed by atoms with Crippen molar-refractivity contribution in [2.24, 2.45) is 0 Å². The summed E-state index contributed by atoms with van der Waals surface area (Å²) in [6, 6.07) is 0. The maximum absolute atomic E-state index is 12.4. The van der Waals surface area contributed by atoms with E-state index in [4.69, 9.17) is 0 Å². The first-order valence-corrected chi connectivity index (χ1v) is 4.69. The van der Waals surface area contributed by atoms with Gasteiger partial charge >= 0.3 is 5.92 Å². The Hall–Kier alpha value is -0.670. The van der Waals surface area contributed by atoms with E-state index in [1.165, 1.54) is 4.90 Å². The van der Waals surface area contributed by atoms with Gasteiger partial charge in [-0.15, -0.1) is 0 Å². The number of hydrogen-bond acceptors (Lipinski definition) is 1. The Morgan fingerprint density at radius 1 is 1.23 bits per heavy atom. The summed E-state index contributed by atoms with van der Waals surface area (Å²) in [6.45, 7) is 5.62. The quantitative estimate of drug-likeness (QED) is 0.625. The zero-order valence-corrected chi connectivity index (χ0v) is 8.44. The van der Waals surface area contributed by atoms with E-state index >= 15 is 0 Å². The van der Waals surface area contributed by atoms with Gasteiger partial charge in [-0.05, 0) is 12.8 Å². The van der Waals surface area contributed by atoms with E-state index in [1.807, 2.05) is 13.8 Å². The van der Waals surface area contributed by atoms with Crippen molar-refractivity contribution in [2.75, 3.05) is 13.1 Å². The molecule has 4 heteroatoms. The molecule has 2 nitrogen and oxygen atoms in total. The highest BCUT2D eigenvalue weighted by atomic mass is 19.3. The van der Waals surface area contributed by atoms with E-state index in [1.54, 1.807) is 0 Å². The minimum Gasteiger partial charge on any atom is -0.337 e. The largest absolute Gasteiger partial charge is 0.337 e. The molecule has 0 atom stereocenters. The number of likely N-dealkylation sites (tertiary alicyclic amines) is 1. The molecule has 0 aromatic heterocycles. The second-order valence-corrected chi connectivity index (χ2v) is 2.89. The Bertz CT molecular complexity index is 159. The monoisotopic (exact) mass is 193 g/mol. The third kappa shape index (κ3) is 3.70. The molecule has 13 heavy (non-hydrogen) atoms. The average Bonchev–Trinajstić information content (AvgIpc) is 2.57. The standard InChI is InChI=1S/C7H11F2NO.C2H6/c1-7(8,9)6(11)10-4-2-3-5-10;1-2/h2-5H2,1H3;1-2H3. The number of halogens is 2. The average molecular weight is 193 g/mol. The van der Waals surface area contributed by atoms with Crippen molar-refractivity contribution in [3.05, 3.63) is 0 Å². The number of alkyl halides is 2. The molecule has 1 rings (SSSR count). The molecule has 0 bridgehead atoms. The minimum absolute atomic E-state index is 0.488. The van der Waals surface area contributed by atoms with Crippen LogP contribution in [0.3, 0.4) is 0 Å². The highest BCUT2D eigenvalue weighted by Crippen LogP contribution is 2.19. The van der Waals surface area contributed by atoms with E-state index in [0.29, 0.717) is 20.0 Å². The lowest BCUT2D eigenvalue weighted by Gasteiger charge is -2.19. The van der Waals surface area contributed by atoms with E-state index in [0.717, 1.165) is 12.8 Å². The van der Waals surface area contributed by atoms with Gasteiger partial charge in [0.15, 0.2) is 0 Å². The normalized spacial score (nSPS) is 16.5. The zero-order valence-electron chi connectivity index (χ0n) is 8.44. The van der Waals surface area contributed by atoms with Gasteiger partial charge in [0.1, 0.15) is 0 Å². The fourth-order valence-electron chi connectivity index (χ4n) is 1.20. The molecule has 1 amide bonds. The van der Waals surface area contributed by atoms with E-state index in [2.05, 4.69) is 0 Å². The van der Waals surface area contributed by atoms with Crippen molar-refractivity contribution in [3.8, 4) is 0 Å². The van der Waals surface area contributed by atoms with Crippen molar-refractivity contribution in [2.45, 2.75) is 39.5 Å². The molecule has 0 saturated carbocycles. The van der Waals surface area contributed by atoms with Crippen LogP contribution in [0.4, 0.5) is 8.78 Å². The number of hydrogen-bond donors (Lipinski definition) is 0.